The summed E-state index contributed by atoms with van der Waals surface area (Å²) in [7, 11) is 0. The lowest BCUT2D eigenvalue weighted by Gasteiger charge is -2.17. The first-order valence-electron chi connectivity index (χ1n) is 7.33. The molecule has 0 spiro atoms. The Hall–Kier alpha value is -2.26. The molecule has 1 amide bonds. The molecule has 4 rings (SSSR count). The van der Waals surface area contributed by atoms with Gasteiger partial charge in [-0.15, -0.1) is 0 Å². The second-order valence-electron chi connectivity index (χ2n) is 5.82. The smallest absolute Gasteiger partial charge is 0.268 e. The van der Waals surface area contributed by atoms with Crippen LogP contribution in [0.15, 0.2) is 54.6 Å². The van der Waals surface area contributed by atoms with Crippen molar-refractivity contribution in [3.05, 3.63) is 70.9 Å². The minimum Gasteiger partial charge on any atom is -0.350 e. The number of amides is 1. The number of benzene rings is 2. The lowest BCUT2D eigenvalue weighted by molar-refractivity contribution is 0.0926. The maximum absolute atomic E-state index is 12.6. The lowest BCUT2D eigenvalue weighted by atomic mass is 10.0. The molecule has 110 valence electrons. The Morgan fingerprint density at radius 2 is 1.86 bits per heavy atom. The van der Waals surface area contributed by atoms with E-state index in [0.29, 0.717) is 10.7 Å². The molecule has 1 aliphatic carbocycles. The molecule has 0 aliphatic heterocycles. The van der Waals surface area contributed by atoms with Crippen molar-refractivity contribution in [2.75, 3.05) is 0 Å². The third-order valence-electron chi connectivity index (χ3n) is 4.26. The summed E-state index contributed by atoms with van der Waals surface area (Å²) < 4.78 is 0. The highest BCUT2D eigenvalue weighted by molar-refractivity contribution is 6.31. The summed E-state index contributed by atoms with van der Waals surface area (Å²) in [6, 6.07) is 17.6. The molecule has 1 heterocycles. The molecule has 1 saturated carbocycles. The quantitative estimate of drug-likeness (QED) is 0.746. The standard InChI is InChI=1S/C18H15ClN2O/c19-14-7-6-12-10-16(20-15(12)11-14)17(22)21-18(8-9-18)13-4-2-1-3-5-13/h1-7,10-11,20H,8-9H2,(H,21,22). The molecule has 3 aromatic rings. The van der Waals surface area contributed by atoms with Gasteiger partial charge in [-0.1, -0.05) is 48.0 Å². The normalized spacial score (nSPS) is 15.7. The number of halogens is 1. The number of hydrogen-bond acceptors (Lipinski definition) is 1. The van der Waals surface area contributed by atoms with Crippen LogP contribution in [0.3, 0.4) is 0 Å². The molecule has 2 aromatic carbocycles. The SMILES string of the molecule is O=C(NC1(c2ccccc2)CC1)c1cc2ccc(Cl)cc2[nH]1. The van der Waals surface area contributed by atoms with Crippen molar-refractivity contribution in [1.29, 1.82) is 0 Å². The number of fused-ring (bicyclic) bond motifs is 1. The van der Waals surface area contributed by atoms with Gasteiger partial charge < -0.3 is 10.3 Å². The molecule has 0 unspecified atom stereocenters. The highest BCUT2D eigenvalue weighted by Gasteiger charge is 2.45. The minimum atomic E-state index is -0.201. The zero-order valence-electron chi connectivity index (χ0n) is 11.9. The van der Waals surface area contributed by atoms with Gasteiger partial charge in [0.05, 0.1) is 5.54 Å². The molecule has 0 atom stereocenters. The predicted molar refractivity (Wildman–Crippen MR) is 88.1 cm³/mol. The molecule has 2 N–H and O–H groups in total. The van der Waals surface area contributed by atoms with Gasteiger partial charge in [-0.3, -0.25) is 4.79 Å². The molecule has 3 nitrogen and oxygen atoms in total. The number of aromatic amines is 1. The summed E-state index contributed by atoms with van der Waals surface area (Å²) in [5.74, 6) is -0.0753. The van der Waals surface area contributed by atoms with Gasteiger partial charge in [-0.25, -0.2) is 0 Å². The van der Waals surface area contributed by atoms with E-state index in [9.17, 15) is 4.79 Å². The zero-order chi connectivity index (χ0) is 15.2. The van der Waals surface area contributed by atoms with Crippen molar-refractivity contribution in [3.8, 4) is 0 Å². The number of hydrogen-bond donors (Lipinski definition) is 2. The number of carbonyl (C=O) groups is 1. The van der Waals surface area contributed by atoms with Crippen LogP contribution >= 0.6 is 11.6 Å². The van der Waals surface area contributed by atoms with Crippen molar-refractivity contribution in [2.24, 2.45) is 0 Å². The molecule has 1 aliphatic rings. The summed E-state index contributed by atoms with van der Waals surface area (Å²) in [4.78, 5) is 15.7. The number of carbonyl (C=O) groups excluding carboxylic acids is 1. The van der Waals surface area contributed by atoms with Crippen LogP contribution in [0.4, 0.5) is 0 Å². The summed E-state index contributed by atoms with van der Waals surface area (Å²) in [5, 5.41) is 4.81. The first-order chi connectivity index (χ1) is 10.7. The Morgan fingerprint density at radius 3 is 2.59 bits per heavy atom. The first-order valence-corrected chi connectivity index (χ1v) is 7.70. The second-order valence-corrected chi connectivity index (χ2v) is 6.25. The average Bonchev–Trinajstić information content (AvgIpc) is 3.18. The van der Waals surface area contributed by atoms with Crippen LogP contribution in [0.5, 0.6) is 0 Å². The number of aromatic nitrogens is 1. The summed E-state index contributed by atoms with van der Waals surface area (Å²) in [5.41, 5.74) is 2.41. The van der Waals surface area contributed by atoms with E-state index in [2.05, 4.69) is 22.4 Å². The third kappa shape index (κ3) is 2.28. The van der Waals surface area contributed by atoms with Crippen LogP contribution in [0.1, 0.15) is 28.9 Å². The molecule has 4 heteroatoms. The van der Waals surface area contributed by atoms with Crippen LogP contribution < -0.4 is 5.32 Å². The van der Waals surface area contributed by atoms with Crippen LogP contribution in [0, 0.1) is 0 Å². The Bertz CT molecular complexity index is 850. The predicted octanol–water partition coefficient (Wildman–Crippen LogP) is 4.24. The van der Waals surface area contributed by atoms with Crippen LogP contribution in [0.2, 0.25) is 5.02 Å². The van der Waals surface area contributed by atoms with Crippen LogP contribution in [-0.2, 0) is 5.54 Å². The number of H-pyrrole nitrogens is 1. The van der Waals surface area contributed by atoms with Gasteiger partial charge in [-0.2, -0.15) is 0 Å². The highest BCUT2D eigenvalue weighted by atomic mass is 35.5. The van der Waals surface area contributed by atoms with E-state index >= 15 is 0 Å². The van der Waals surface area contributed by atoms with Crippen molar-refractivity contribution < 1.29 is 4.79 Å². The number of nitrogens with one attached hydrogen (secondary N) is 2. The van der Waals surface area contributed by atoms with E-state index < -0.39 is 0 Å². The van der Waals surface area contributed by atoms with Gasteiger partial charge in [0.25, 0.3) is 5.91 Å². The van der Waals surface area contributed by atoms with Gasteiger partial charge in [-0.05, 0) is 36.6 Å². The van der Waals surface area contributed by atoms with Crippen LogP contribution in [0.25, 0.3) is 10.9 Å². The maximum Gasteiger partial charge on any atom is 0.268 e. The Morgan fingerprint density at radius 1 is 1.09 bits per heavy atom. The molecular weight excluding hydrogens is 296 g/mol. The van der Waals surface area contributed by atoms with Crippen LogP contribution in [-0.4, -0.2) is 10.9 Å². The number of rotatable bonds is 3. The van der Waals surface area contributed by atoms with E-state index in [-0.39, 0.29) is 11.4 Å². The molecule has 0 saturated heterocycles. The van der Waals surface area contributed by atoms with Gasteiger partial charge >= 0.3 is 0 Å². The minimum absolute atomic E-state index is 0.0753. The topological polar surface area (TPSA) is 44.9 Å². The highest BCUT2D eigenvalue weighted by Crippen LogP contribution is 2.45. The van der Waals surface area contributed by atoms with E-state index in [1.54, 1.807) is 0 Å². The first kappa shape index (κ1) is 13.4. The molecule has 0 bridgehead atoms. The van der Waals surface area contributed by atoms with E-state index in [1.807, 2.05) is 42.5 Å². The third-order valence-corrected chi connectivity index (χ3v) is 4.49. The molecule has 0 radical (unpaired) electrons. The second kappa shape index (κ2) is 4.89. The molecule has 1 fully saturated rings. The van der Waals surface area contributed by atoms with Crippen molar-refractivity contribution in [2.45, 2.75) is 18.4 Å². The Balaban J connectivity index is 1.61. The van der Waals surface area contributed by atoms with E-state index in [1.165, 1.54) is 5.56 Å². The fraction of sp³-hybridized carbons (Fsp3) is 0.167. The van der Waals surface area contributed by atoms with Crippen molar-refractivity contribution in [3.63, 3.8) is 0 Å². The monoisotopic (exact) mass is 310 g/mol. The maximum atomic E-state index is 12.6. The molecule has 1 aromatic heterocycles. The van der Waals surface area contributed by atoms with E-state index in [0.717, 1.165) is 23.7 Å². The van der Waals surface area contributed by atoms with Gasteiger partial charge in [0.15, 0.2) is 0 Å². The van der Waals surface area contributed by atoms with Gasteiger partial charge in [0.1, 0.15) is 5.69 Å². The fourth-order valence-corrected chi connectivity index (χ4v) is 3.05. The zero-order valence-corrected chi connectivity index (χ0v) is 12.7. The summed E-state index contributed by atoms with van der Waals surface area (Å²) >= 11 is 5.98. The van der Waals surface area contributed by atoms with Gasteiger partial charge in [0.2, 0.25) is 0 Å². The van der Waals surface area contributed by atoms with E-state index in [4.69, 9.17) is 11.6 Å². The van der Waals surface area contributed by atoms with Crippen molar-refractivity contribution in [1.82, 2.24) is 10.3 Å². The summed E-state index contributed by atoms with van der Waals surface area (Å²) in [6.07, 6.45) is 1.96. The Labute approximate surface area is 133 Å². The fourth-order valence-electron chi connectivity index (χ4n) is 2.87. The molecule has 22 heavy (non-hydrogen) atoms. The lowest BCUT2D eigenvalue weighted by Crippen LogP contribution is -2.34. The Kier molecular flexibility index (Phi) is 2.98. The largest absolute Gasteiger partial charge is 0.350 e. The summed E-state index contributed by atoms with van der Waals surface area (Å²) in [6.45, 7) is 0. The average molecular weight is 311 g/mol. The molecular formula is C18H15ClN2O. The van der Waals surface area contributed by atoms with Crippen molar-refractivity contribution >= 4 is 28.4 Å². The van der Waals surface area contributed by atoms with Gasteiger partial charge in [0, 0.05) is 15.9 Å².